The van der Waals surface area contributed by atoms with Gasteiger partial charge in [-0.2, -0.15) is 0 Å². The van der Waals surface area contributed by atoms with Crippen molar-refractivity contribution in [2.45, 2.75) is 37.6 Å². The van der Waals surface area contributed by atoms with Gasteiger partial charge in [-0.05, 0) is 73.2 Å². The zero-order valence-electron chi connectivity index (χ0n) is 20.7. The number of benzene rings is 3. The van der Waals surface area contributed by atoms with Crippen LogP contribution in [-0.2, 0) is 17.6 Å². The highest BCUT2D eigenvalue weighted by atomic mass is 19.1. The maximum absolute atomic E-state index is 13.8. The molecule has 3 aromatic rings. The molecule has 2 aliphatic heterocycles. The smallest absolute Gasteiger partial charge is 0.273 e. The van der Waals surface area contributed by atoms with E-state index in [1.165, 1.54) is 12.1 Å². The van der Waals surface area contributed by atoms with Crippen molar-refractivity contribution in [3.05, 3.63) is 111 Å². The van der Waals surface area contributed by atoms with Gasteiger partial charge in [0.25, 0.3) is 11.6 Å². The molecular weight excluding hydrogens is 492 g/mol. The number of amides is 2. The van der Waals surface area contributed by atoms with Crippen molar-refractivity contribution >= 4 is 17.5 Å². The summed E-state index contributed by atoms with van der Waals surface area (Å²) >= 11 is 0. The van der Waals surface area contributed by atoms with Gasteiger partial charge in [0.15, 0.2) is 0 Å². The average Bonchev–Trinajstić information content (AvgIpc) is 2.88. The van der Waals surface area contributed by atoms with Crippen molar-refractivity contribution in [2.75, 3.05) is 19.6 Å². The van der Waals surface area contributed by atoms with Crippen molar-refractivity contribution in [2.24, 2.45) is 0 Å². The third-order valence-corrected chi connectivity index (χ3v) is 7.60. The number of nitro groups is 1. The summed E-state index contributed by atoms with van der Waals surface area (Å²) in [4.78, 5) is 40.7. The Morgan fingerprint density at radius 2 is 1.68 bits per heavy atom. The zero-order valence-corrected chi connectivity index (χ0v) is 20.7. The van der Waals surface area contributed by atoms with E-state index >= 15 is 0 Å². The first-order chi connectivity index (χ1) is 18.2. The highest BCUT2D eigenvalue weighted by Gasteiger charge is 2.50. The van der Waals surface area contributed by atoms with Crippen LogP contribution in [0.2, 0.25) is 0 Å². The minimum atomic E-state index is -0.631. The predicted octanol–water partition coefficient (Wildman–Crippen LogP) is 4.91. The fourth-order valence-corrected chi connectivity index (χ4v) is 5.60. The number of likely N-dealkylation sites (tertiary alicyclic amines) is 2. The number of rotatable bonds is 6. The van der Waals surface area contributed by atoms with Crippen LogP contribution in [0.3, 0.4) is 0 Å². The largest absolute Gasteiger partial charge is 0.336 e. The predicted molar refractivity (Wildman–Crippen MR) is 137 cm³/mol. The topological polar surface area (TPSA) is 83.8 Å². The second-order valence-corrected chi connectivity index (χ2v) is 10.1. The Bertz CT molecular complexity index is 1390. The number of nitro benzene ring substituents is 1. The van der Waals surface area contributed by atoms with Gasteiger partial charge in [-0.15, -0.1) is 0 Å². The molecule has 1 unspecified atom stereocenters. The second-order valence-electron chi connectivity index (χ2n) is 10.1. The maximum atomic E-state index is 13.8. The fraction of sp³-hybridized carbons (Fsp3) is 0.310. The summed E-state index contributed by atoms with van der Waals surface area (Å²) in [6, 6.07) is 16.8. The Hall–Kier alpha value is -4.14. The molecule has 0 saturated carbocycles. The molecule has 2 saturated heterocycles. The third kappa shape index (κ3) is 5.14. The van der Waals surface area contributed by atoms with E-state index in [9.17, 15) is 28.5 Å². The summed E-state index contributed by atoms with van der Waals surface area (Å²) in [6.45, 7) is 1.45. The Kier molecular flexibility index (Phi) is 6.93. The van der Waals surface area contributed by atoms with Crippen LogP contribution < -0.4 is 0 Å². The number of halogens is 2. The monoisotopic (exact) mass is 519 g/mol. The van der Waals surface area contributed by atoms with E-state index in [0.717, 1.165) is 48.6 Å². The molecule has 1 atom stereocenters. The minimum Gasteiger partial charge on any atom is -0.336 e. The number of hydrogen-bond donors (Lipinski definition) is 0. The summed E-state index contributed by atoms with van der Waals surface area (Å²) in [5, 5.41) is 11.3. The third-order valence-electron chi connectivity index (χ3n) is 7.60. The number of nitrogens with zero attached hydrogens (tertiary/aromatic N) is 3. The SMILES string of the molecule is O=C(c1ccc(Cc2cccc(F)c2)cc1)N1CCCC2(CCN2C(=O)Cc2cc(F)ccc2[N+](=O)[O-])C1. The van der Waals surface area contributed by atoms with E-state index in [1.54, 1.807) is 28.0 Å². The lowest BCUT2D eigenvalue weighted by atomic mass is 9.77. The molecule has 0 radical (unpaired) electrons. The lowest BCUT2D eigenvalue weighted by molar-refractivity contribution is -0.385. The van der Waals surface area contributed by atoms with Crippen molar-refractivity contribution < 1.29 is 23.3 Å². The maximum Gasteiger partial charge on any atom is 0.273 e. The van der Waals surface area contributed by atoms with Crippen LogP contribution in [0.1, 0.15) is 46.3 Å². The molecule has 7 nitrogen and oxygen atoms in total. The van der Waals surface area contributed by atoms with Crippen LogP contribution in [0.5, 0.6) is 0 Å². The van der Waals surface area contributed by atoms with Gasteiger partial charge in [0, 0.05) is 36.8 Å². The van der Waals surface area contributed by atoms with Crippen LogP contribution in [0.15, 0.2) is 66.7 Å². The number of piperidine rings is 1. The first-order valence-corrected chi connectivity index (χ1v) is 12.6. The van der Waals surface area contributed by atoms with E-state index < -0.39 is 16.3 Å². The molecule has 2 amide bonds. The van der Waals surface area contributed by atoms with E-state index in [2.05, 4.69) is 0 Å². The van der Waals surface area contributed by atoms with E-state index in [0.29, 0.717) is 31.6 Å². The summed E-state index contributed by atoms with van der Waals surface area (Å²) in [5.74, 6) is -1.35. The van der Waals surface area contributed by atoms with Gasteiger partial charge < -0.3 is 9.80 Å². The Morgan fingerprint density at radius 3 is 2.37 bits per heavy atom. The van der Waals surface area contributed by atoms with Gasteiger partial charge in [-0.25, -0.2) is 8.78 Å². The Labute approximate surface area is 218 Å². The van der Waals surface area contributed by atoms with E-state index in [1.807, 2.05) is 18.2 Å². The van der Waals surface area contributed by atoms with Gasteiger partial charge in [0.05, 0.1) is 16.9 Å². The summed E-state index contributed by atoms with van der Waals surface area (Å²) in [5.41, 5.74) is 1.60. The first kappa shape index (κ1) is 25.5. The number of carbonyl (C=O) groups excluding carboxylic acids is 2. The van der Waals surface area contributed by atoms with Crippen molar-refractivity contribution in [3.8, 4) is 0 Å². The fourth-order valence-electron chi connectivity index (χ4n) is 5.60. The summed E-state index contributed by atoms with van der Waals surface area (Å²) in [7, 11) is 0. The molecule has 0 aliphatic carbocycles. The van der Waals surface area contributed by atoms with Crippen LogP contribution in [0, 0.1) is 21.7 Å². The van der Waals surface area contributed by atoms with Crippen molar-refractivity contribution in [1.29, 1.82) is 0 Å². The lowest BCUT2D eigenvalue weighted by Crippen LogP contribution is -2.69. The molecule has 0 aromatic heterocycles. The second kappa shape index (κ2) is 10.3. The van der Waals surface area contributed by atoms with E-state index in [-0.39, 0.29) is 35.3 Å². The van der Waals surface area contributed by atoms with Gasteiger partial charge >= 0.3 is 0 Å². The number of hydrogen-bond acceptors (Lipinski definition) is 4. The highest BCUT2D eigenvalue weighted by molar-refractivity contribution is 5.94. The van der Waals surface area contributed by atoms with Gasteiger partial charge in [-0.3, -0.25) is 19.7 Å². The molecule has 2 aliphatic rings. The number of carbonyl (C=O) groups is 2. The van der Waals surface area contributed by atoms with Gasteiger partial charge in [0.2, 0.25) is 5.91 Å². The first-order valence-electron chi connectivity index (χ1n) is 12.6. The summed E-state index contributed by atoms with van der Waals surface area (Å²) in [6.07, 6.45) is 2.49. The lowest BCUT2D eigenvalue weighted by Gasteiger charge is -2.57. The van der Waals surface area contributed by atoms with Crippen LogP contribution in [-0.4, -0.2) is 51.7 Å². The van der Waals surface area contributed by atoms with Crippen LogP contribution in [0.4, 0.5) is 14.5 Å². The zero-order chi connectivity index (χ0) is 26.9. The average molecular weight is 520 g/mol. The molecule has 196 valence electrons. The summed E-state index contributed by atoms with van der Waals surface area (Å²) < 4.78 is 27.2. The molecule has 0 N–H and O–H groups in total. The normalized spacial score (nSPS) is 18.8. The standard InChI is InChI=1S/C29H27F2N3O4/c30-24-4-1-3-21(16-24)15-20-5-7-22(8-6-20)28(36)32-13-2-11-29(19-32)12-14-33(29)27(35)18-23-17-25(31)9-10-26(23)34(37)38/h1,3-10,16-17H,2,11-15,18-19H2. The molecule has 2 fully saturated rings. The van der Waals surface area contributed by atoms with Crippen LogP contribution >= 0.6 is 0 Å². The van der Waals surface area contributed by atoms with Gasteiger partial charge in [-0.1, -0.05) is 24.3 Å². The molecule has 38 heavy (non-hydrogen) atoms. The molecule has 9 heteroatoms. The highest BCUT2D eigenvalue weighted by Crippen LogP contribution is 2.39. The minimum absolute atomic E-state index is 0.0455. The molecule has 0 bridgehead atoms. The molecule has 5 rings (SSSR count). The Balaban J connectivity index is 1.26. The van der Waals surface area contributed by atoms with Crippen LogP contribution in [0.25, 0.3) is 0 Å². The van der Waals surface area contributed by atoms with Gasteiger partial charge in [0.1, 0.15) is 11.6 Å². The molecule has 3 aromatic carbocycles. The molecule has 2 heterocycles. The molecule has 1 spiro atoms. The quantitative estimate of drug-likeness (QED) is 0.342. The molecular formula is C29H27F2N3O4. The van der Waals surface area contributed by atoms with Crippen molar-refractivity contribution in [3.63, 3.8) is 0 Å². The van der Waals surface area contributed by atoms with Crippen molar-refractivity contribution in [1.82, 2.24) is 9.80 Å². The van der Waals surface area contributed by atoms with E-state index in [4.69, 9.17) is 0 Å². The Morgan fingerprint density at radius 1 is 0.921 bits per heavy atom.